The molecule has 0 saturated heterocycles. The van der Waals surface area contributed by atoms with Crippen LogP contribution in [0.5, 0.6) is 17.2 Å². The van der Waals surface area contributed by atoms with E-state index in [9.17, 15) is 8.42 Å². The standard InChI is InChI=1S/C19H18N2O5S2/c1-3-8-21-15-11-16-17(26-10-9-25-16)12-18(15)27-19(21)20-28(22,23)14-6-4-13(24-2)5-7-14/h3-7,11-12H,1,8-10H2,2H3. The highest BCUT2D eigenvalue weighted by Crippen LogP contribution is 2.35. The first-order valence-corrected chi connectivity index (χ1v) is 10.8. The summed E-state index contributed by atoms with van der Waals surface area (Å²) in [4.78, 5) is 0.454. The molecule has 2 aromatic carbocycles. The van der Waals surface area contributed by atoms with Crippen molar-refractivity contribution in [2.45, 2.75) is 11.4 Å². The van der Waals surface area contributed by atoms with Crippen molar-refractivity contribution in [3.63, 3.8) is 0 Å². The van der Waals surface area contributed by atoms with Gasteiger partial charge in [-0.25, -0.2) is 0 Å². The first-order valence-electron chi connectivity index (χ1n) is 8.51. The van der Waals surface area contributed by atoms with Crippen molar-refractivity contribution in [1.29, 1.82) is 0 Å². The number of nitrogens with zero attached hydrogens (tertiary/aromatic N) is 2. The summed E-state index contributed by atoms with van der Waals surface area (Å²) >= 11 is 1.27. The molecule has 0 radical (unpaired) electrons. The zero-order chi connectivity index (χ0) is 19.7. The number of allylic oxidation sites excluding steroid dienone is 1. The lowest BCUT2D eigenvalue weighted by atomic mass is 10.2. The molecule has 7 nitrogen and oxygen atoms in total. The Kier molecular flexibility index (Phi) is 4.86. The van der Waals surface area contributed by atoms with Crippen molar-refractivity contribution in [2.24, 2.45) is 4.40 Å². The summed E-state index contributed by atoms with van der Waals surface area (Å²) in [6.45, 7) is 5.15. The Hall–Kier alpha value is -2.78. The predicted octanol–water partition coefficient (Wildman–Crippen LogP) is 2.96. The average molecular weight is 418 g/mol. The van der Waals surface area contributed by atoms with Crippen LogP contribution in [0.1, 0.15) is 0 Å². The van der Waals surface area contributed by atoms with E-state index < -0.39 is 10.0 Å². The van der Waals surface area contributed by atoms with Crippen LogP contribution >= 0.6 is 11.3 Å². The molecule has 28 heavy (non-hydrogen) atoms. The van der Waals surface area contributed by atoms with E-state index in [4.69, 9.17) is 14.2 Å². The Morgan fingerprint density at radius 3 is 2.54 bits per heavy atom. The number of aromatic nitrogens is 1. The van der Waals surface area contributed by atoms with E-state index in [2.05, 4.69) is 11.0 Å². The lowest BCUT2D eigenvalue weighted by Gasteiger charge is -2.18. The van der Waals surface area contributed by atoms with Gasteiger partial charge in [-0.1, -0.05) is 17.4 Å². The van der Waals surface area contributed by atoms with Gasteiger partial charge in [-0.05, 0) is 24.3 Å². The summed E-state index contributed by atoms with van der Waals surface area (Å²) in [5.41, 5.74) is 0.817. The maximum Gasteiger partial charge on any atom is 0.285 e. The minimum Gasteiger partial charge on any atom is -0.497 e. The van der Waals surface area contributed by atoms with Gasteiger partial charge in [0.25, 0.3) is 10.0 Å². The summed E-state index contributed by atoms with van der Waals surface area (Å²) in [5, 5.41) is 0. The molecule has 2 heterocycles. The van der Waals surface area contributed by atoms with Crippen molar-refractivity contribution < 1.29 is 22.6 Å². The molecule has 1 aliphatic heterocycles. The van der Waals surface area contributed by atoms with E-state index in [0.29, 0.717) is 41.8 Å². The van der Waals surface area contributed by atoms with E-state index in [-0.39, 0.29) is 4.90 Å². The predicted molar refractivity (Wildman–Crippen MR) is 107 cm³/mol. The summed E-state index contributed by atoms with van der Waals surface area (Å²) in [5.74, 6) is 1.86. The molecule has 9 heteroatoms. The van der Waals surface area contributed by atoms with Crippen LogP contribution in [-0.2, 0) is 16.6 Å². The van der Waals surface area contributed by atoms with Crippen LogP contribution in [0.15, 0.2) is 58.3 Å². The van der Waals surface area contributed by atoms with Gasteiger partial charge in [-0.2, -0.15) is 8.42 Å². The molecule has 0 fully saturated rings. The maximum atomic E-state index is 12.8. The van der Waals surface area contributed by atoms with Crippen LogP contribution < -0.4 is 19.0 Å². The molecule has 0 amide bonds. The Bertz CT molecular complexity index is 1210. The summed E-state index contributed by atoms with van der Waals surface area (Å²) in [6.07, 6.45) is 1.70. The molecule has 0 saturated carbocycles. The quantitative estimate of drug-likeness (QED) is 0.595. The van der Waals surface area contributed by atoms with Crippen molar-refractivity contribution >= 4 is 31.6 Å². The van der Waals surface area contributed by atoms with E-state index >= 15 is 0 Å². The average Bonchev–Trinajstić information content (AvgIpc) is 3.02. The highest BCUT2D eigenvalue weighted by atomic mass is 32.2. The second-order valence-electron chi connectivity index (χ2n) is 5.99. The fraction of sp³-hybridized carbons (Fsp3) is 0.211. The first-order chi connectivity index (χ1) is 13.5. The molecule has 0 N–H and O–H groups in total. The topological polar surface area (TPSA) is 79.1 Å². The fourth-order valence-corrected chi connectivity index (χ4v) is 5.14. The van der Waals surface area contributed by atoms with Gasteiger partial charge in [0.05, 0.1) is 22.2 Å². The SMILES string of the molecule is C=CCn1c(=NS(=O)(=O)c2ccc(OC)cc2)sc2cc3c(cc21)OCCO3. The number of benzene rings is 2. The van der Waals surface area contributed by atoms with E-state index in [0.717, 1.165) is 10.2 Å². The number of hydrogen-bond donors (Lipinski definition) is 0. The third-order valence-electron chi connectivity index (χ3n) is 4.21. The summed E-state index contributed by atoms with van der Waals surface area (Å²) in [6, 6.07) is 9.84. The largest absolute Gasteiger partial charge is 0.497 e. The Labute approximate surface area is 166 Å². The number of fused-ring (bicyclic) bond motifs is 2. The third kappa shape index (κ3) is 3.38. The van der Waals surface area contributed by atoms with E-state index in [1.807, 2.05) is 12.1 Å². The molecule has 146 valence electrons. The van der Waals surface area contributed by atoms with Gasteiger partial charge in [0.1, 0.15) is 19.0 Å². The summed E-state index contributed by atoms with van der Waals surface area (Å²) < 4.78 is 48.7. The van der Waals surface area contributed by atoms with Gasteiger partial charge in [-0.3, -0.25) is 0 Å². The Balaban J connectivity index is 1.88. The van der Waals surface area contributed by atoms with Crippen LogP contribution in [0, 0.1) is 0 Å². The molecule has 0 aliphatic carbocycles. The zero-order valence-corrected chi connectivity index (χ0v) is 16.8. The highest BCUT2D eigenvalue weighted by Gasteiger charge is 2.18. The smallest absolute Gasteiger partial charge is 0.285 e. The van der Waals surface area contributed by atoms with Crippen LogP contribution in [0.2, 0.25) is 0 Å². The lowest BCUT2D eigenvalue weighted by Crippen LogP contribution is -2.17. The Morgan fingerprint density at radius 1 is 1.21 bits per heavy atom. The third-order valence-corrected chi connectivity index (χ3v) is 6.65. The molecule has 4 rings (SSSR count). The number of hydrogen-bond acceptors (Lipinski definition) is 6. The number of rotatable bonds is 5. The van der Waals surface area contributed by atoms with Gasteiger partial charge in [0, 0.05) is 18.7 Å². The van der Waals surface area contributed by atoms with Crippen molar-refractivity contribution in [3.8, 4) is 17.2 Å². The molecule has 3 aromatic rings. The maximum absolute atomic E-state index is 12.8. The number of ether oxygens (including phenoxy) is 3. The monoisotopic (exact) mass is 418 g/mol. The van der Waals surface area contributed by atoms with Gasteiger partial charge in [0.15, 0.2) is 11.5 Å². The van der Waals surface area contributed by atoms with Crippen molar-refractivity contribution in [2.75, 3.05) is 20.3 Å². The second-order valence-corrected chi connectivity index (χ2v) is 8.60. The molecular weight excluding hydrogens is 400 g/mol. The fourth-order valence-electron chi connectivity index (χ4n) is 2.89. The molecule has 1 aromatic heterocycles. The van der Waals surface area contributed by atoms with E-state index in [1.165, 1.54) is 30.6 Å². The van der Waals surface area contributed by atoms with Crippen molar-refractivity contribution in [3.05, 3.63) is 53.9 Å². The summed E-state index contributed by atoms with van der Waals surface area (Å²) in [7, 11) is -2.36. The van der Waals surface area contributed by atoms with Crippen LogP contribution in [-0.4, -0.2) is 33.3 Å². The molecule has 0 bridgehead atoms. The lowest BCUT2D eigenvalue weighted by molar-refractivity contribution is 0.172. The number of thiazole rings is 1. The van der Waals surface area contributed by atoms with Gasteiger partial charge >= 0.3 is 0 Å². The second kappa shape index (κ2) is 7.33. The van der Waals surface area contributed by atoms with Crippen LogP contribution in [0.3, 0.4) is 0 Å². The molecular formula is C19H18N2O5S2. The molecule has 1 aliphatic rings. The van der Waals surface area contributed by atoms with E-state index in [1.54, 1.807) is 22.8 Å². The van der Waals surface area contributed by atoms with Gasteiger partial charge in [0.2, 0.25) is 4.80 Å². The number of sulfonamides is 1. The van der Waals surface area contributed by atoms with Gasteiger partial charge in [-0.15, -0.1) is 11.0 Å². The highest BCUT2D eigenvalue weighted by molar-refractivity contribution is 7.90. The normalized spacial score (nSPS) is 14.2. The van der Waals surface area contributed by atoms with Crippen LogP contribution in [0.4, 0.5) is 0 Å². The molecule has 0 atom stereocenters. The molecule has 0 spiro atoms. The first kappa shape index (κ1) is 18.6. The molecule has 0 unspecified atom stereocenters. The minimum absolute atomic E-state index is 0.0990. The van der Waals surface area contributed by atoms with Crippen LogP contribution in [0.25, 0.3) is 10.2 Å². The Morgan fingerprint density at radius 2 is 1.89 bits per heavy atom. The zero-order valence-electron chi connectivity index (χ0n) is 15.1. The minimum atomic E-state index is -3.88. The number of methoxy groups -OCH3 is 1. The van der Waals surface area contributed by atoms with Crippen molar-refractivity contribution in [1.82, 2.24) is 4.57 Å². The van der Waals surface area contributed by atoms with Gasteiger partial charge < -0.3 is 18.8 Å².